The summed E-state index contributed by atoms with van der Waals surface area (Å²) < 4.78 is 3.65. The highest BCUT2D eigenvalue weighted by atomic mass is 32.1. The third-order valence-electron chi connectivity index (χ3n) is 2.00. The van der Waals surface area contributed by atoms with Gasteiger partial charge in [-0.2, -0.15) is 0 Å². The number of nitrogens with one attached hydrogen (secondary N) is 1. The number of amides is 1. The second kappa shape index (κ2) is 5.02. The van der Waals surface area contributed by atoms with Gasteiger partial charge in [0.25, 0.3) is 0 Å². The second-order valence-electron chi connectivity index (χ2n) is 3.36. The lowest BCUT2D eigenvalue weighted by atomic mass is 9.95. The second-order valence-corrected chi connectivity index (χ2v) is 4.14. The Morgan fingerprint density at radius 1 is 1.71 bits per heavy atom. The molecule has 1 aromatic heterocycles. The number of anilines is 1. The molecule has 1 rings (SSSR count). The number of hydrogen-bond donors (Lipinski definition) is 2. The molecule has 1 heterocycles. The van der Waals surface area contributed by atoms with E-state index >= 15 is 0 Å². The Morgan fingerprint density at radius 3 is 2.86 bits per heavy atom. The fourth-order valence-corrected chi connectivity index (χ4v) is 1.54. The molecule has 6 heteroatoms. The average Bonchev–Trinajstić information content (AvgIpc) is 2.57. The monoisotopic (exact) mass is 214 g/mol. The predicted molar refractivity (Wildman–Crippen MR) is 55.9 cm³/mol. The van der Waals surface area contributed by atoms with Gasteiger partial charge in [0.05, 0.1) is 12.1 Å². The number of aromatic nitrogens is 2. The smallest absolute Gasteiger partial charge is 0.229 e. The van der Waals surface area contributed by atoms with Gasteiger partial charge in [-0.1, -0.05) is 18.3 Å². The maximum atomic E-state index is 11.6. The third kappa shape index (κ3) is 2.74. The highest BCUT2D eigenvalue weighted by molar-refractivity contribution is 7.10. The van der Waals surface area contributed by atoms with Gasteiger partial charge < -0.3 is 11.1 Å². The molecule has 1 amide bonds. The van der Waals surface area contributed by atoms with E-state index in [-0.39, 0.29) is 17.7 Å². The first-order valence-corrected chi connectivity index (χ1v) is 5.20. The predicted octanol–water partition coefficient (Wildman–Crippen LogP) is 0.708. The Kier molecular flexibility index (Phi) is 3.97. The number of nitrogens with two attached hydrogens (primary N) is 1. The SMILES string of the molecule is CC(C)C(CN)C(=O)Nc1cnns1. The first kappa shape index (κ1) is 11.1. The molecule has 78 valence electrons. The fourth-order valence-electron chi connectivity index (χ4n) is 1.12. The standard InChI is InChI=1S/C8H14N4OS/c1-5(2)6(3-9)8(13)11-7-4-10-12-14-7/h4-6H,3,9H2,1-2H3,(H,11,13). The topological polar surface area (TPSA) is 80.9 Å². The van der Waals surface area contributed by atoms with Crippen LogP contribution in [0.1, 0.15) is 13.8 Å². The van der Waals surface area contributed by atoms with E-state index in [1.165, 1.54) is 6.20 Å². The molecule has 5 nitrogen and oxygen atoms in total. The summed E-state index contributed by atoms with van der Waals surface area (Å²) in [7, 11) is 0. The van der Waals surface area contributed by atoms with Crippen LogP contribution in [-0.2, 0) is 4.79 Å². The molecule has 1 aromatic rings. The molecule has 0 aliphatic rings. The van der Waals surface area contributed by atoms with Crippen LogP contribution in [0.4, 0.5) is 5.00 Å². The number of carbonyl (C=O) groups excluding carboxylic acids is 1. The molecule has 0 bridgehead atoms. The van der Waals surface area contributed by atoms with Crippen LogP contribution >= 0.6 is 11.5 Å². The van der Waals surface area contributed by atoms with Crippen molar-refractivity contribution in [2.45, 2.75) is 13.8 Å². The van der Waals surface area contributed by atoms with Crippen LogP contribution in [-0.4, -0.2) is 22.0 Å². The van der Waals surface area contributed by atoms with Gasteiger partial charge >= 0.3 is 0 Å². The highest BCUT2D eigenvalue weighted by Gasteiger charge is 2.20. The van der Waals surface area contributed by atoms with Gasteiger partial charge in [-0.25, -0.2) is 0 Å². The number of nitrogens with zero attached hydrogens (tertiary/aromatic N) is 2. The van der Waals surface area contributed by atoms with E-state index < -0.39 is 0 Å². The largest absolute Gasteiger partial charge is 0.330 e. The van der Waals surface area contributed by atoms with Crippen LogP contribution in [0, 0.1) is 11.8 Å². The van der Waals surface area contributed by atoms with E-state index in [1.807, 2.05) is 13.8 Å². The van der Waals surface area contributed by atoms with Crippen molar-refractivity contribution in [3.63, 3.8) is 0 Å². The van der Waals surface area contributed by atoms with Crippen molar-refractivity contribution in [1.82, 2.24) is 9.59 Å². The summed E-state index contributed by atoms with van der Waals surface area (Å²) in [4.78, 5) is 11.6. The Balaban J connectivity index is 2.56. The Morgan fingerprint density at radius 2 is 2.43 bits per heavy atom. The lowest BCUT2D eigenvalue weighted by Crippen LogP contribution is -2.32. The maximum absolute atomic E-state index is 11.6. The number of rotatable bonds is 4. The normalized spacial score (nSPS) is 12.9. The van der Waals surface area contributed by atoms with Crippen molar-refractivity contribution in [1.29, 1.82) is 0 Å². The lowest BCUT2D eigenvalue weighted by Gasteiger charge is -2.16. The van der Waals surface area contributed by atoms with Gasteiger partial charge in [-0.3, -0.25) is 4.79 Å². The minimum atomic E-state index is -0.155. The molecule has 0 radical (unpaired) electrons. The molecule has 0 aliphatic heterocycles. The maximum Gasteiger partial charge on any atom is 0.229 e. The molecule has 0 fully saturated rings. The van der Waals surface area contributed by atoms with Gasteiger partial charge in [0.2, 0.25) is 5.91 Å². The van der Waals surface area contributed by atoms with Crippen molar-refractivity contribution in [3.8, 4) is 0 Å². The van der Waals surface area contributed by atoms with E-state index in [4.69, 9.17) is 5.73 Å². The van der Waals surface area contributed by atoms with E-state index in [0.29, 0.717) is 11.5 Å². The first-order chi connectivity index (χ1) is 6.65. The zero-order valence-electron chi connectivity index (χ0n) is 8.23. The van der Waals surface area contributed by atoms with E-state index in [0.717, 1.165) is 11.5 Å². The van der Waals surface area contributed by atoms with Crippen LogP contribution < -0.4 is 11.1 Å². The fraction of sp³-hybridized carbons (Fsp3) is 0.625. The molecule has 3 N–H and O–H groups in total. The summed E-state index contributed by atoms with van der Waals surface area (Å²) in [5.41, 5.74) is 5.51. The zero-order chi connectivity index (χ0) is 10.6. The summed E-state index contributed by atoms with van der Waals surface area (Å²) in [6.07, 6.45) is 1.52. The van der Waals surface area contributed by atoms with Gasteiger partial charge in [0, 0.05) is 18.1 Å². The van der Waals surface area contributed by atoms with E-state index in [2.05, 4.69) is 14.9 Å². The van der Waals surface area contributed by atoms with Crippen LogP contribution in [0.3, 0.4) is 0 Å². The average molecular weight is 214 g/mol. The summed E-state index contributed by atoms with van der Waals surface area (Å²) in [5, 5.41) is 7.02. The highest BCUT2D eigenvalue weighted by Crippen LogP contribution is 2.15. The molecule has 1 unspecified atom stereocenters. The molecule has 1 atom stereocenters. The van der Waals surface area contributed by atoms with Crippen LogP contribution in [0.2, 0.25) is 0 Å². The first-order valence-electron chi connectivity index (χ1n) is 4.43. The molecule has 0 saturated heterocycles. The molecular formula is C8H14N4OS. The zero-order valence-corrected chi connectivity index (χ0v) is 9.04. The molecular weight excluding hydrogens is 200 g/mol. The molecule has 0 aromatic carbocycles. The summed E-state index contributed by atoms with van der Waals surface area (Å²) in [6.45, 7) is 4.31. The summed E-state index contributed by atoms with van der Waals surface area (Å²) in [5.74, 6) is 0.0199. The third-order valence-corrected chi connectivity index (χ3v) is 2.58. The van der Waals surface area contributed by atoms with Crippen molar-refractivity contribution < 1.29 is 4.79 Å². The minimum Gasteiger partial charge on any atom is -0.330 e. The lowest BCUT2D eigenvalue weighted by molar-refractivity contribution is -0.120. The quantitative estimate of drug-likeness (QED) is 0.773. The van der Waals surface area contributed by atoms with Crippen molar-refractivity contribution >= 4 is 22.4 Å². The number of hydrogen-bond acceptors (Lipinski definition) is 5. The summed E-state index contributed by atoms with van der Waals surface area (Å²) >= 11 is 1.16. The van der Waals surface area contributed by atoms with E-state index in [9.17, 15) is 4.79 Å². The Labute approximate surface area is 86.9 Å². The molecule has 0 saturated carbocycles. The Bertz CT molecular complexity index is 286. The van der Waals surface area contributed by atoms with Crippen molar-refractivity contribution in [2.75, 3.05) is 11.9 Å². The minimum absolute atomic E-state index is 0.0615. The van der Waals surface area contributed by atoms with Crippen molar-refractivity contribution in [3.05, 3.63) is 6.20 Å². The van der Waals surface area contributed by atoms with Crippen LogP contribution in [0.25, 0.3) is 0 Å². The molecule has 14 heavy (non-hydrogen) atoms. The van der Waals surface area contributed by atoms with Gasteiger partial charge in [0.15, 0.2) is 0 Å². The van der Waals surface area contributed by atoms with Crippen LogP contribution in [0.5, 0.6) is 0 Å². The molecule has 0 aliphatic carbocycles. The Hall–Kier alpha value is -1.01. The van der Waals surface area contributed by atoms with Gasteiger partial charge in [0.1, 0.15) is 5.00 Å². The van der Waals surface area contributed by atoms with E-state index in [1.54, 1.807) is 0 Å². The summed E-state index contributed by atoms with van der Waals surface area (Å²) in [6, 6.07) is 0. The van der Waals surface area contributed by atoms with Gasteiger partial charge in [-0.15, -0.1) is 5.10 Å². The van der Waals surface area contributed by atoms with Crippen molar-refractivity contribution in [2.24, 2.45) is 17.6 Å². The molecule has 0 spiro atoms. The van der Waals surface area contributed by atoms with Gasteiger partial charge in [-0.05, 0) is 5.92 Å². The number of carbonyl (C=O) groups is 1. The van der Waals surface area contributed by atoms with Crippen LogP contribution in [0.15, 0.2) is 6.20 Å².